The summed E-state index contributed by atoms with van der Waals surface area (Å²) in [5.41, 5.74) is 0.278. The Hall–Kier alpha value is -2.97. The van der Waals surface area contributed by atoms with E-state index in [1.165, 1.54) is 17.1 Å². The largest absolute Gasteiger partial charge is 0.336 e. The summed E-state index contributed by atoms with van der Waals surface area (Å²) >= 11 is 0. The van der Waals surface area contributed by atoms with E-state index in [-0.39, 0.29) is 24.1 Å². The summed E-state index contributed by atoms with van der Waals surface area (Å²) in [5, 5.41) is 8.68. The number of carbonyl (C=O) groups is 1. The molecule has 9 heteroatoms. The van der Waals surface area contributed by atoms with Gasteiger partial charge in [-0.1, -0.05) is 0 Å². The van der Waals surface area contributed by atoms with Crippen LogP contribution in [0.3, 0.4) is 0 Å². The Balaban J connectivity index is 1.53. The highest BCUT2D eigenvalue weighted by Crippen LogP contribution is 2.19. The van der Waals surface area contributed by atoms with Gasteiger partial charge >= 0.3 is 0 Å². The standard InChI is InChI=1S/C16H19N7O2/c1-20-15-13(8-19-20)16(25)21(11-17-15)10-14(24)23-7-2-4-12(23)9-22-6-3-5-18-22/h3,5-6,8,11-12H,2,4,7,9-10H2,1H3. The van der Waals surface area contributed by atoms with Crippen molar-refractivity contribution in [1.29, 1.82) is 0 Å². The average molecular weight is 341 g/mol. The molecule has 130 valence electrons. The average Bonchev–Trinajstić information content (AvgIpc) is 3.33. The molecular formula is C16H19N7O2. The minimum atomic E-state index is -0.241. The maximum absolute atomic E-state index is 12.7. The van der Waals surface area contributed by atoms with Crippen LogP contribution >= 0.6 is 0 Å². The van der Waals surface area contributed by atoms with Crippen LogP contribution in [0.2, 0.25) is 0 Å². The van der Waals surface area contributed by atoms with Crippen molar-refractivity contribution in [2.75, 3.05) is 6.54 Å². The van der Waals surface area contributed by atoms with Gasteiger partial charge in [0.1, 0.15) is 18.3 Å². The molecule has 1 fully saturated rings. The van der Waals surface area contributed by atoms with Gasteiger partial charge in [0.25, 0.3) is 5.56 Å². The summed E-state index contributed by atoms with van der Waals surface area (Å²) in [4.78, 5) is 31.3. The topological polar surface area (TPSA) is 90.8 Å². The molecule has 1 saturated heterocycles. The van der Waals surface area contributed by atoms with Crippen LogP contribution in [0.5, 0.6) is 0 Å². The third-order valence-corrected chi connectivity index (χ3v) is 4.68. The van der Waals surface area contributed by atoms with E-state index in [0.29, 0.717) is 24.1 Å². The van der Waals surface area contributed by atoms with Crippen LogP contribution in [-0.2, 0) is 24.9 Å². The number of fused-ring (bicyclic) bond motifs is 1. The molecule has 0 bridgehead atoms. The van der Waals surface area contributed by atoms with Gasteiger partial charge < -0.3 is 4.90 Å². The van der Waals surface area contributed by atoms with E-state index in [9.17, 15) is 9.59 Å². The molecule has 25 heavy (non-hydrogen) atoms. The summed E-state index contributed by atoms with van der Waals surface area (Å²) in [6.07, 6.45) is 8.44. The van der Waals surface area contributed by atoms with E-state index < -0.39 is 0 Å². The highest BCUT2D eigenvalue weighted by atomic mass is 16.2. The molecule has 1 aliphatic rings. The molecule has 0 radical (unpaired) electrons. The van der Waals surface area contributed by atoms with Gasteiger partial charge in [-0.3, -0.25) is 23.5 Å². The van der Waals surface area contributed by atoms with Crippen molar-refractivity contribution in [3.63, 3.8) is 0 Å². The van der Waals surface area contributed by atoms with Crippen LogP contribution in [-0.4, -0.2) is 52.5 Å². The second-order valence-corrected chi connectivity index (χ2v) is 6.29. The van der Waals surface area contributed by atoms with Crippen LogP contribution in [0.15, 0.2) is 35.8 Å². The molecule has 0 saturated carbocycles. The Morgan fingerprint density at radius 1 is 1.36 bits per heavy atom. The lowest BCUT2D eigenvalue weighted by molar-refractivity contribution is -0.133. The van der Waals surface area contributed by atoms with Crippen molar-refractivity contribution in [2.24, 2.45) is 7.05 Å². The number of hydrogen-bond donors (Lipinski definition) is 0. The highest BCUT2D eigenvalue weighted by molar-refractivity contribution is 5.77. The van der Waals surface area contributed by atoms with Crippen LogP contribution < -0.4 is 5.56 Å². The first-order chi connectivity index (χ1) is 12.1. The number of aromatic nitrogens is 6. The lowest BCUT2D eigenvalue weighted by Gasteiger charge is -2.25. The van der Waals surface area contributed by atoms with Crippen LogP contribution in [0.25, 0.3) is 11.0 Å². The SMILES string of the molecule is Cn1ncc2c(=O)n(CC(=O)N3CCCC3Cn3cccn3)cnc21. The summed E-state index contributed by atoms with van der Waals surface area (Å²) in [5.74, 6) is -0.0678. The molecule has 3 aromatic heterocycles. The van der Waals surface area contributed by atoms with Crippen molar-refractivity contribution in [1.82, 2.24) is 34.0 Å². The zero-order valence-corrected chi connectivity index (χ0v) is 13.9. The second kappa shape index (κ2) is 6.15. The first-order valence-corrected chi connectivity index (χ1v) is 8.27. The first kappa shape index (κ1) is 15.6. The number of amides is 1. The van der Waals surface area contributed by atoms with Gasteiger partial charge in [-0.15, -0.1) is 0 Å². The molecule has 9 nitrogen and oxygen atoms in total. The molecule has 1 unspecified atom stereocenters. The van der Waals surface area contributed by atoms with Gasteiger partial charge in [0.2, 0.25) is 5.91 Å². The van der Waals surface area contributed by atoms with Gasteiger partial charge in [0.05, 0.1) is 18.8 Å². The Morgan fingerprint density at radius 3 is 3.04 bits per heavy atom. The fourth-order valence-electron chi connectivity index (χ4n) is 3.39. The lowest BCUT2D eigenvalue weighted by Crippen LogP contribution is -2.41. The number of likely N-dealkylation sites (tertiary alicyclic amines) is 1. The summed E-state index contributed by atoms with van der Waals surface area (Å²) in [7, 11) is 1.73. The fraction of sp³-hybridized carbons (Fsp3) is 0.438. The highest BCUT2D eigenvalue weighted by Gasteiger charge is 2.29. The Labute approximate surface area is 143 Å². The van der Waals surface area contributed by atoms with Crippen LogP contribution in [0.4, 0.5) is 0 Å². The monoisotopic (exact) mass is 341 g/mol. The van der Waals surface area contributed by atoms with Crippen LogP contribution in [0, 0.1) is 0 Å². The smallest absolute Gasteiger partial charge is 0.264 e. The maximum Gasteiger partial charge on any atom is 0.264 e. The molecule has 0 aromatic carbocycles. The number of rotatable bonds is 4. The summed E-state index contributed by atoms with van der Waals surface area (Å²) in [6.45, 7) is 1.38. The van der Waals surface area contributed by atoms with Crippen LogP contribution in [0.1, 0.15) is 12.8 Å². The van der Waals surface area contributed by atoms with Gasteiger partial charge in [0, 0.05) is 26.0 Å². The minimum Gasteiger partial charge on any atom is -0.336 e. The molecule has 1 aliphatic heterocycles. The lowest BCUT2D eigenvalue weighted by atomic mass is 10.2. The quantitative estimate of drug-likeness (QED) is 0.667. The van der Waals surface area contributed by atoms with Crippen molar-refractivity contribution in [2.45, 2.75) is 32.0 Å². The normalized spacial score (nSPS) is 17.5. The molecule has 0 spiro atoms. The molecule has 1 atom stereocenters. The zero-order chi connectivity index (χ0) is 17.4. The van der Waals surface area contributed by atoms with Crippen molar-refractivity contribution < 1.29 is 4.79 Å². The van der Waals surface area contributed by atoms with Crippen molar-refractivity contribution in [3.8, 4) is 0 Å². The number of nitrogens with zero attached hydrogens (tertiary/aromatic N) is 7. The first-order valence-electron chi connectivity index (χ1n) is 8.27. The molecule has 1 amide bonds. The Kier molecular flexibility index (Phi) is 3.83. The van der Waals surface area contributed by atoms with Gasteiger partial charge in [0.15, 0.2) is 5.65 Å². The number of aryl methyl sites for hydroxylation is 1. The molecule has 0 aliphatic carbocycles. The van der Waals surface area contributed by atoms with E-state index >= 15 is 0 Å². The zero-order valence-electron chi connectivity index (χ0n) is 13.9. The van der Waals surface area contributed by atoms with Gasteiger partial charge in [-0.25, -0.2) is 4.98 Å². The third kappa shape index (κ3) is 2.81. The van der Waals surface area contributed by atoms with Crippen molar-refractivity contribution >= 4 is 16.9 Å². The maximum atomic E-state index is 12.7. The second-order valence-electron chi connectivity index (χ2n) is 6.29. The van der Waals surface area contributed by atoms with E-state index in [4.69, 9.17) is 0 Å². The van der Waals surface area contributed by atoms with Gasteiger partial charge in [-0.2, -0.15) is 10.2 Å². The number of carbonyl (C=O) groups excluding carboxylic acids is 1. The van der Waals surface area contributed by atoms with E-state index in [1.54, 1.807) is 17.9 Å². The molecule has 4 rings (SSSR count). The summed E-state index contributed by atoms with van der Waals surface area (Å²) in [6, 6.07) is 1.98. The molecule has 3 aromatic rings. The fourth-order valence-corrected chi connectivity index (χ4v) is 3.39. The van der Waals surface area contributed by atoms with E-state index in [0.717, 1.165) is 12.8 Å². The minimum absolute atomic E-state index is 0.00766. The van der Waals surface area contributed by atoms with Crippen molar-refractivity contribution in [3.05, 3.63) is 41.3 Å². The summed E-state index contributed by atoms with van der Waals surface area (Å²) < 4.78 is 4.74. The van der Waals surface area contributed by atoms with Gasteiger partial charge in [-0.05, 0) is 18.9 Å². The molecular weight excluding hydrogens is 322 g/mol. The molecule has 4 heterocycles. The predicted octanol–water partition coefficient (Wildman–Crippen LogP) is 0.0177. The van der Waals surface area contributed by atoms with E-state index in [2.05, 4.69) is 15.2 Å². The Morgan fingerprint density at radius 2 is 2.24 bits per heavy atom. The third-order valence-electron chi connectivity index (χ3n) is 4.68. The number of hydrogen-bond acceptors (Lipinski definition) is 5. The van der Waals surface area contributed by atoms with E-state index in [1.807, 2.05) is 21.8 Å². The predicted molar refractivity (Wildman–Crippen MR) is 89.7 cm³/mol. The Bertz CT molecular complexity index is 957. The molecule has 0 N–H and O–H groups in total.